The average molecular weight is 313 g/mol. The molecule has 0 bridgehead atoms. The number of anilines is 1. The van der Waals surface area contributed by atoms with E-state index in [0.717, 1.165) is 24.2 Å². The maximum atomic E-state index is 12.9. The maximum absolute atomic E-state index is 12.9. The molecule has 0 aliphatic carbocycles. The van der Waals surface area contributed by atoms with Crippen LogP contribution in [0.5, 0.6) is 0 Å². The van der Waals surface area contributed by atoms with Crippen molar-refractivity contribution in [1.29, 1.82) is 5.26 Å². The summed E-state index contributed by atoms with van der Waals surface area (Å²) in [4.78, 5) is 17.0. The molecule has 1 heterocycles. The molecule has 1 unspecified atom stereocenters. The molecule has 1 aliphatic heterocycles. The lowest BCUT2D eigenvalue weighted by Gasteiger charge is -2.34. The van der Waals surface area contributed by atoms with Crippen molar-refractivity contribution in [2.45, 2.75) is 52.5 Å². The Hall–Kier alpha value is -1.86. The Morgan fingerprint density at radius 2 is 2.17 bits per heavy atom. The van der Waals surface area contributed by atoms with Crippen molar-refractivity contribution in [2.24, 2.45) is 0 Å². The van der Waals surface area contributed by atoms with E-state index in [2.05, 4.69) is 30.9 Å². The number of nitriles is 1. The van der Waals surface area contributed by atoms with E-state index in [1.807, 2.05) is 19.1 Å². The molecule has 1 atom stereocenters. The van der Waals surface area contributed by atoms with Crippen LogP contribution in [0.25, 0.3) is 0 Å². The summed E-state index contributed by atoms with van der Waals surface area (Å²) >= 11 is 0. The zero-order valence-corrected chi connectivity index (χ0v) is 14.5. The highest BCUT2D eigenvalue weighted by molar-refractivity contribution is 5.95. The van der Waals surface area contributed by atoms with Gasteiger partial charge in [0.1, 0.15) is 0 Å². The number of aryl methyl sites for hydroxylation is 1. The van der Waals surface area contributed by atoms with Crippen LogP contribution in [-0.2, 0) is 4.79 Å². The Morgan fingerprint density at radius 3 is 2.87 bits per heavy atom. The van der Waals surface area contributed by atoms with Gasteiger partial charge in [-0.15, -0.1) is 0 Å². The van der Waals surface area contributed by atoms with Crippen molar-refractivity contribution in [3.63, 3.8) is 0 Å². The van der Waals surface area contributed by atoms with Crippen molar-refractivity contribution in [1.82, 2.24) is 4.90 Å². The van der Waals surface area contributed by atoms with E-state index in [1.165, 1.54) is 18.4 Å². The fraction of sp³-hybridized carbons (Fsp3) is 0.579. The summed E-state index contributed by atoms with van der Waals surface area (Å²) in [6.45, 7) is 8.19. The Labute approximate surface area is 139 Å². The third kappa shape index (κ3) is 4.33. The molecule has 1 saturated heterocycles. The number of amides is 1. The highest BCUT2D eigenvalue weighted by atomic mass is 16.2. The van der Waals surface area contributed by atoms with Crippen molar-refractivity contribution >= 4 is 11.6 Å². The Balaban J connectivity index is 2.18. The van der Waals surface area contributed by atoms with Gasteiger partial charge in [-0.3, -0.25) is 9.69 Å². The molecule has 4 nitrogen and oxygen atoms in total. The van der Waals surface area contributed by atoms with Gasteiger partial charge in [-0.25, -0.2) is 0 Å². The van der Waals surface area contributed by atoms with Crippen molar-refractivity contribution in [3.8, 4) is 6.07 Å². The second kappa shape index (κ2) is 8.12. The molecule has 1 aromatic rings. The standard InChI is InChI=1S/C19H27N3O/c1-15-8-6-10-18(17(15)3)22(13-7-11-20)19(23)14-21-12-5-4-9-16(21)2/h6,8,10,16H,4-5,7,9,12-14H2,1-3H3. The van der Waals surface area contributed by atoms with Gasteiger partial charge in [0.15, 0.2) is 0 Å². The van der Waals surface area contributed by atoms with Gasteiger partial charge in [0.25, 0.3) is 0 Å². The Morgan fingerprint density at radius 1 is 1.39 bits per heavy atom. The predicted octanol–water partition coefficient (Wildman–Crippen LogP) is 3.42. The van der Waals surface area contributed by atoms with E-state index in [0.29, 0.717) is 25.6 Å². The van der Waals surface area contributed by atoms with Gasteiger partial charge in [-0.1, -0.05) is 18.6 Å². The van der Waals surface area contributed by atoms with Gasteiger partial charge >= 0.3 is 0 Å². The minimum Gasteiger partial charge on any atom is -0.310 e. The molecule has 0 radical (unpaired) electrons. The first kappa shape index (κ1) is 17.5. The number of hydrogen-bond donors (Lipinski definition) is 0. The molecule has 1 aromatic carbocycles. The molecular formula is C19H27N3O. The molecule has 0 spiro atoms. The largest absolute Gasteiger partial charge is 0.310 e. The summed E-state index contributed by atoms with van der Waals surface area (Å²) in [6, 6.07) is 8.64. The number of rotatable bonds is 5. The van der Waals surface area contributed by atoms with E-state index in [4.69, 9.17) is 5.26 Å². The van der Waals surface area contributed by atoms with Gasteiger partial charge in [-0.05, 0) is 57.4 Å². The van der Waals surface area contributed by atoms with Crippen molar-refractivity contribution in [2.75, 3.05) is 24.5 Å². The maximum Gasteiger partial charge on any atom is 0.241 e. The van der Waals surface area contributed by atoms with Crippen molar-refractivity contribution < 1.29 is 4.79 Å². The highest BCUT2D eigenvalue weighted by Crippen LogP contribution is 2.24. The zero-order valence-electron chi connectivity index (χ0n) is 14.5. The molecule has 2 rings (SSSR count). The number of piperidine rings is 1. The first-order chi connectivity index (χ1) is 11.0. The summed E-state index contributed by atoms with van der Waals surface area (Å²) in [6.07, 6.45) is 3.93. The molecule has 1 aliphatic rings. The van der Waals surface area contributed by atoms with Gasteiger partial charge in [0.05, 0.1) is 19.0 Å². The second-order valence-electron chi connectivity index (χ2n) is 6.49. The average Bonchev–Trinajstić information content (AvgIpc) is 2.54. The molecular weight excluding hydrogens is 286 g/mol. The molecule has 0 saturated carbocycles. The summed E-state index contributed by atoms with van der Waals surface area (Å²) in [5, 5.41) is 8.93. The zero-order chi connectivity index (χ0) is 16.8. The smallest absolute Gasteiger partial charge is 0.241 e. The molecule has 23 heavy (non-hydrogen) atoms. The SMILES string of the molecule is Cc1cccc(N(CCC#N)C(=O)CN2CCCCC2C)c1C. The van der Waals surface area contributed by atoms with Gasteiger partial charge in [-0.2, -0.15) is 5.26 Å². The molecule has 0 N–H and O–H groups in total. The minimum absolute atomic E-state index is 0.0997. The number of likely N-dealkylation sites (tertiary alicyclic amines) is 1. The first-order valence-electron chi connectivity index (χ1n) is 8.52. The van der Waals surface area contributed by atoms with E-state index < -0.39 is 0 Å². The van der Waals surface area contributed by atoms with Crippen LogP contribution in [0.15, 0.2) is 18.2 Å². The van der Waals surface area contributed by atoms with Gasteiger partial charge < -0.3 is 4.90 Å². The lowest BCUT2D eigenvalue weighted by molar-refractivity contribution is -0.120. The predicted molar refractivity (Wildman–Crippen MR) is 93.4 cm³/mol. The van der Waals surface area contributed by atoms with Crippen LogP contribution in [0.3, 0.4) is 0 Å². The monoisotopic (exact) mass is 313 g/mol. The summed E-state index contributed by atoms with van der Waals surface area (Å²) in [5.41, 5.74) is 3.23. The van der Waals surface area contributed by atoms with Gasteiger partial charge in [0.2, 0.25) is 5.91 Å². The van der Waals surface area contributed by atoms with Crippen LogP contribution in [0, 0.1) is 25.2 Å². The molecule has 0 aromatic heterocycles. The minimum atomic E-state index is 0.0997. The van der Waals surface area contributed by atoms with Crippen LogP contribution in [0.1, 0.15) is 43.7 Å². The third-order valence-electron chi connectivity index (χ3n) is 4.89. The topological polar surface area (TPSA) is 47.3 Å². The lowest BCUT2D eigenvalue weighted by Crippen LogP contribution is -2.46. The van der Waals surface area contributed by atoms with E-state index in [1.54, 1.807) is 4.90 Å². The number of nitrogens with zero attached hydrogens (tertiary/aromatic N) is 3. The van der Waals surface area contributed by atoms with E-state index in [9.17, 15) is 4.79 Å². The summed E-state index contributed by atoms with van der Waals surface area (Å²) in [5.74, 6) is 0.0997. The molecule has 4 heteroatoms. The number of carbonyl (C=O) groups excluding carboxylic acids is 1. The number of hydrogen-bond acceptors (Lipinski definition) is 3. The van der Waals surface area contributed by atoms with Gasteiger partial charge in [0, 0.05) is 18.3 Å². The van der Waals surface area contributed by atoms with Crippen LogP contribution < -0.4 is 4.90 Å². The fourth-order valence-electron chi connectivity index (χ4n) is 3.22. The fourth-order valence-corrected chi connectivity index (χ4v) is 3.22. The van der Waals surface area contributed by atoms with Crippen molar-refractivity contribution in [3.05, 3.63) is 29.3 Å². The van der Waals surface area contributed by atoms with Crippen LogP contribution in [0.2, 0.25) is 0 Å². The molecule has 1 fully saturated rings. The second-order valence-corrected chi connectivity index (χ2v) is 6.49. The lowest BCUT2D eigenvalue weighted by atomic mass is 10.0. The van der Waals surface area contributed by atoms with Crippen LogP contribution in [0.4, 0.5) is 5.69 Å². The Bertz CT molecular complexity index is 591. The first-order valence-corrected chi connectivity index (χ1v) is 8.52. The molecule has 1 amide bonds. The molecule has 124 valence electrons. The Kier molecular flexibility index (Phi) is 6.18. The normalized spacial score (nSPS) is 18.4. The van der Waals surface area contributed by atoms with Crippen LogP contribution in [-0.4, -0.2) is 36.5 Å². The summed E-state index contributed by atoms with van der Waals surface area (Å²) in [7, 11) is 0. The van der Waals surface area contributed by atoms with E-state index >= 15 is 0 Å². The highest BCUT2D eigenvalue weighted by Gasteiger charge is 2.24. The quantitative estimate of drug-likeness (QED) is 0.837. The van der Waals surface area contributed by atoms with E-state index in [-0.39, 0.29) is 5.91 Å². The summed E-state index contributed by atoms with van der Waals surface area (Å²) < 4.78 is 0. The van der Waals surface area contributed by atoms with Crippen LogP contribution >= 0.6 is 0 Å². The number of carbonyl (C=O) groups is 1. The third-order valence-corrected chi connectivity index (χ3v) is 4.89. The number of benzene rings is 1.